The molecular formula is C28H27ClF3N5O3S. The molecule has 3 heterocycles. The highest BCUT2D eigenvalue weighted by Gasteiger charge is 2.31. The van der Waals surface area contributed by atoms with Crippen LogP contribution < -0.4 is 15.2 Å². The summed E-state index contributed by atoms with van der Waals surface area (Å²) in [5.74, 6) is 1.16. The van der Waals surface area contributed by atoms with Crippen LogP contribution in [0, 0.1) is 0 Å². The number of aromatic nitrogens is 3. The van der Waals surface area contributed by atoms with E-state index in [0.29, 0.717) is 55.0 Å². The Kier molecular flexibility index (Phi) is 8.74. The van der Waals surface area contributed by atoms with Gasteiger partial charge in [0.25, 0.3) is 5.56 Å². The van der Waals surface area contributed by atoms with Crippen molar-refractivity contribution in [3.63, 3.8) is 0 Å². The van der Waals surface area contributed by atoms with Gasteiger partial charge in [-0.25, -0.2) is 9.97 Å². The summed E-state index contributed by atoms with van der Waals surface area (Å²) in [6, 6.07) is 9.70. The van der Waals surface area contributed by atoms with E-state index in [1.54, 1.807) is 36.7 Å². The van der Waals surface area contributed by atoms with Crippen molar-refractivity contribution in [3.8, 4) is 16.9 Å². The Bertz CT molecular complexity index is 1580. The van der Waals surface area contributed by atoms with Gasteiger partial charge in [0, 0.05) is 77.9 Å². The summed E-state index contributed by atoms with van der Waals surface area (Å²) in [7, 11) is 1.43. The quantitative estimate of drug-likeness (QED) is 0.273. The molecule has 0 amide bonds. The molecule has 2 aromatic carbocycles. The van der Waals surface area contributed by atoms with Crippen molar-refractivity contribution in [1.29, 1.82) is 0 Å². The fourth-order valence-electron chi connectivity index (χ4n) is 4.85. The average molecular weight is 606 g/mol. The fourth-order valence-corrected chi connectivity index (χ4v) is 6.03. The van der Waals surface area contributed by atoms with Crippen LogP contribution in [0.25, 0.3) is 22.0 Å². The third-order valence-corrected chi connectivity index (χ3v) is 8.29. The second-order valence-corrected chi connectivity index (χ2v) is 11.0. The summed E-state index contributed by atoms with van der Waals surface area (Å²) in [5, 5.41) is 11.4. The van der Waals surface area contributed by atoms with Crippen molar-refractivity contribution in [1.82, 2.24) is 19.9 Å². The number of nitrogens with zero attached hydrogens (tertiary/aromatic N) is 4. The standard InChI is InChI=1S/C28H27ClF3N5O3S/c1-40-23-6-4-18(29)14-21(23)24-20-13-17(28(30,31)32)3-5-22(20)35-26(39)25(24)41-16-19(38)15-36-9-11-37(12-10-36)27-33-7-2-8-34-27/h2-8,13-14,19,38H,9-12,15-16H2,1H3,(H,35,39). The molecule has 1 aliphatic rings. The van der Waals surface area contributed by atoms with E-state index in [1.165, 1.54) is 13.2 Å². The molecule has 13 heteroatoms. The molecule has 1 fully saturated rings. The molecule has 0 radical (unpaired) electrons. The molecule has 0 aliphatic carbocycles. The van der Waals surface area contributed by atoms with Gasteiger partial charge in [0.15, 0.2) is 0 Å². The van der Waals surface area contributed by atoms with Gasteiger partial charge in [-0.2, -0.15) is 13.2 Å². The molecule has 4 aromatic rings. The average Bonchev–Trinajstić information content (AvgIpc) is 2.96. The molecule has 8 nitrogen and oxygen atoms in total. The first-order valence-corrected chi connectivity index (χ1v) is 14.2. The topological polar surface area (TPSA) is 94.6 Å². The first-order valence-electron chi connectivity index (χ1n) is 12.8. The Morgan fingerprint density at radius 1 is 1.12 bits per heavy atom. The number of methoxy groups -OCH3 is 1. The van der Waals surface area contributed by atoms with Crippen LogP contribution in [0.15, 0.2) is 64.5 Å². The monoisotopic (exact) mass is 605 g/mol. The number of halogens is 4. The van der Waals surface area contributed by atoms with Crippen LogP contribution in [-0.4, -0.2) is 76.6 Å². The van der Waals surface area contributed by atoms with Crippen LogP contribution in [0.4, 0.5) is 19.1 Å². The van der Waals surface area contributed by atoms with Crippen LogP contribution in [-0.2, 0) is 6.18 Å². The first kappa shape index (κ1) is 29.2. The lowest BCUT2D eigenvalue weighted by molar-refractivity contribution is -0.137. The minimum absolute atomic E-state index is 0.144. The minimum atomic E-state index is -4.58. The molecule has 1 aliphatic heterocycles. The molecule has 1 unspecified atom stereocenters. The number of alkyl halides is 3. The number of thioether (sulfide) groups is 1. The number of nitrogens with one attached hydrogen (secondary N) is 1. The van der Waals surface area contributed by atoms with Crippen LogP contribution in [0.3, 0.4) is 0 Å². The van der Waals surface area contributed by atoms with Gasteiger partial charge < -0.3 is 19.7 Å². The number of aliphatic hydroxyl groups is 1. The lowest BCUT2D eigenvalue weighted by atomic mass is 9.98. The second kappa shape index (κ2) is 12.3. The molecule has 2 aromatic heterocycles. The Hall–Kier alpha value is -3.32. The summed E-state index contributed by atoms with van der Waals surface area (Å²) in [5.41, 5.74) is -0.446. The van der Waals surface area contributed by atoms with Crippen LogP contribution in [0.2, 0.25) is 5.02 Å². The third kappa shape index (κ3) is 6.61. The van der Waals surface area contributed by atoms with Crippen molar-refractivity contribution in [2.24, 2.45) is 0 Å². The van der Waals surface area contributed by atoms with Gasteiger partial charge in [-0.1, -0.05) is 11.6 Å². The van der Waals surface area contributed by atoms with Crippen molar-refractivity contribution >= 4 is 40.2 Å². The predicted molar refractivity (Wildman–Crippen MR) is 154 cm³/mol. The number of rotatable bonds is 8. The number of pyridine rings is 1. The van der Waals surface area contributed by atoms with E-state index in [9.17, 15) is 23.1 Å². The molecule has 0 spiro atoms. The molecule has 216 valence electrons. The SMILES string of the molecule is COc1ccc(Cl)cc1-c1c(SCC(O)CN2CCN(c3ncccn3)CC2)c(=O)[nH]c2ccc(C(F)(F)F)cc12. The second-order valence-electron chi connectivity index (χ2n) is 9.56. The summed E-state index contributed by atoms with van der Waals surface area (Å²) in [6.45, 7) is 3.17. The van der Waals surface area contributed by atoms with E-state index < -0.39 is 23.4 Å². The number of fused-ring (bicyclic) bond motifs is 1. The fraction of sp³-hybridized carbons (Fsp3) is 0.321. The highest BCUT2D eigenvalue weighted by Crippen LogP contribution is 2.42. The van der Waals surface area contributed by atoms with Gasteiger partial charge in [0.2, 0.25) is 5.95 Å². The van der Waals surface area contributed by atoms with E-state index in [-0.39, 0.29) is 27.1 Å². The zero-order valence-electron chi connectivity index (χ0n) is 22.0. The Labute approximate surface area is 243 Å². The number of piperazine rings is 1. The third-order valence-electron chi connectivity index (χ3n) is 6.82. The van der Waals surface area contributed by atoms with E-state index in [0.717, 1.165) is 23.9 Å². The summed E-state index contributed by atoms with van der Waals surface area (Å²) in [4.78, 5) is 28.9. The van der Waals surface area contributed by atoms with Crippen LogP contribution in [0.1, 0.15) is 5.56 Å². The molecule has 41 heavy (non-hydrogen) atoms. The Balaban J connectivity index is 1.41. The number of hydrogen-bond acceptors (Lipinski definition) is 8. The molecule has 1 saturated heterocycles. The maximum Gasteiger partial charge on any atom is 0.416 e. The molecule has 1 atom stereocenters. The van der Waals surface area contributed by atoms with Crippen molar-refractivity contribution in [2.75, 3.05) is 50.5 Å². The number of aromatic amines is 1. The number of benzene rings is 2. The number of H-pyrrole nitrogens is 1. The number of aliphatic hydroxyl groups excluding tert-OH is 1. The number of ether oxygens (including phenoxy) is 1. The van der Waals surface area contributed by atoms with E-state index >= 15 is 0 Å². The van der Waals surface area contributed by atoms with Gasteiger partial charge in [0.05, 0.1) is 23.7 Å². The smallest absolute Gasteiger partial charge is 0.416 e. The molecule has 5 rings (SSSR count). The molecule has 0 bridgehead atoms. The molecule has 2 N–H and O–H groups in total. The summed E-state index contributed by atoms with van der Waals surface area (Å²) in [6.07, 6.45) is -1.99. The summed E-state index contributed by atoms with van der Waals surface area (Å²) < 4.78 is 46.5. The Morgan fingerprint density at radius 3 is 2.54 bits per heavy atom. The predicted octanol–water partition coefficient (Wildman–Crippen LogP) is 4.94. The van der Waals surface area contributed by atoms with Gasteiger partial charge in [-0.15, -0.1) is 11.8 Å². The highest BCUT2D eigenvalue weighted by molar-refractivity contribution is 7.99. The number of anilines is 1. The van der Waals surface area contributed by atoms with E-state index in [4.69, 9.17) is 16.3 Å². The number of β-amino-alcohol motifs (C(OH)–C–C–N with tert-alkyl or cyclic N) is 1. The maximum absolute atomic E-state index is 13.7. The zero-order chi connectivity index (χ0) is 29.1. The van der Waals surface area contributed by atoms with Crippen LogP contribution in [0.5, 0.6) is 5.75 Å². The van der Waals surface area contributed by atoms with Crippen molar-refractivity contribution in [3.05, 3.63) is 75.8 Å². The lowest BCUT2D eigenvalue weighted by Crippen LogP contribution is -2.49. The van der Waals surface area contributed by atoms with Gasteiger partial charge in [0.1, 0.15) is 5.75 Å². The molecular weight excluding hydrogens is 579 g/mol. The van der Waals surface area contributed by atoms with E-state index in [1.807, 2.05) is 0 Å². The lowest BCUT2D eigenvalue weighted by Gasteiger charge is -2.35. The number of hydrogen-bond donors (Lipinski definition) is 2. The van der Waals surface area contributed by atoms with Crippen molar-refractivity contribution < 1.29 is 23.0 Å². The van der Waals surface area contributed by atoms with E-state index in [2.05, 4.69) is 24.8 Å². The highest BCUT2D eigenvalue weighted by atomic mass is 35.5. The van der Waals surface area contributed by atoms with Gasteiger partial charge in [-0.05, 0) is 42.5 Å². The molecule has 0 saturated carbocycles. The van der Waals surface area contributed by atoms with Gasteiger partial charge >= 0.3 is 6.18 Å². The zero-order valence-corrected chi connectivity index (χ0v) is 23.6. The van der Waals surface area contributed by atoms with Crippen LogP contribution >= 0.6 is 23.4 Å². The van der Waals surface area contributed by atoms with Crippen molar-refractivity contribution in [2.45, 2.75) is 17.2 Å². The Morgan fingerprint density at radius 2 is 1.85 bits per heavy atom. The van der Waals surface area contributed by atoms with Gasteiger partial charge in [-0.3, -0.25) is 9.69 Å². The first-order chi connectivity index (χ1) is 19.6. The minimum Gasteiger partial charge on any atom is -0.496 e. The normalized spacial score (nSPS) is 15.3. The summed E-state index contributed by atoms with van der Waals surface area (Å²) >= 11 is 7.36. The largest absolute Gasteiger partial charge is 0.496 e. The maximum atomic E-state index is 13.7.